The number of aromatic nitrogens is 2. The molecule has 2 aromatic heterocycles. The first-order valence-corrected chi connectivity index (χ1v) is 11.7. The predicted molar refractivity (Wildman–Crippen MR) is 120 cm³/mol. The van der Waals surface area contributed by atoms with E-state index in [-0.39, 0.29) is 23.0 Å². The quantitative estimate of drug-likeness (QED) is 0.340. The third-order valence-corrected chi connectivity index (χ3v) is 7.25. The number of aryl methyl sites for hydroxylation is 2. The van der Waals surface area contributed by atoms with Crippen LogP contribution in [0.5, 0.6) is 0 Å². The van der Waals surface area contributed by atoms with Crippen LogP contribution in [0.3, 0.4) is 0 Å². The Balaban J connectivity index is 1.52. The lowest BCUT2D eigenvalue weighted by atomic mass is 9.97. The molecule has 0 saturated heterocycles. The van der Waals surface area contributed by atoms with Crippen molar-refractivity contribution in [3.8, 4) is 0 Å². The van der Waals surface area contributed by atoms with E-state index in [2.05, 4.69) is 11.9 Å². The number of nitrogens with one attached hydrogen (secondary N) is 1. The minimum absolute atomic E-state index is 0.0477. The normalized spacial score (nSPS) is 13.2. The maximum absolute atomic E-state index is 13.2. The van der Waals surface area contributed by atoms with Crippen molar-refractivity contribution in [3.63, 3.8) is 0 Å². The number of fused-ring (bicyclic) bond motifs is 3. The molecule has 2 heterocycles. The molecule has 0 bridgehead atoms. The average molecular weight is 444 g/mol. The van der Waals surface area contributed by atoms with Gasteiger partial charge in [-0.2, -0.15) is 0 Å². The first kappa shape index (κ1) is 20.8. The fraction of sp³-hybridized carbons (Fsp3) is 0.318. The lowest BCUT2D eigenvalue weighted by Gasteiger charge is -2.12. The second-order valence-corrected chi connectivity index (χ2v) is 9.21. The van der Waals surface area contributed by atoms with Crippen LogP contribution in [0, 0.1) is 5.82 Å². The van der Waals surface area contributed by atoms with Gasteiger partial charge >= 0.3 is 0 Å². The monoisotopic (exact) mass is 443 g/mol. The van der Waals surface area contributed by atoms with Crippen molar-refractivity contribution in [3.05, 3.63) is 69.1 Å². The number of carbonyl (C=O) groups excluding carboxylic acids is 1. The van der Waals surface area contributed by atoms with Crippen molar-refractivity contribution in [2.45, 2.75) is 43.9 Å². The van der Waals surface area contributed by atoms with Gasteiger partial charge < -0.3 is 5.32 Å². The van der Waals surface area contributed by atoms with Gasteiger partial charge in [0, 0.05) is 18.0 Å². The molecule has 0 radical (unpaired) electrons. The first-order valence-electron chi connectivity index (χ1n) is 9.86. The summed E-state index contributed by atoms with van der Waals surface area (Å²) in [5.74, 6) is -0.340. The van der Waals surface area contributed by atoms with Gasteiger partial charge in [0.2, 0.25) is 5.91 Å². The van der Waals surface area contributed by atoms with E-state index in [4.69, 9.17) is 4.98 Å². The van der Waals surface area contributed by atoms with E-state index in [9.17, 15) is 14.0 Å². The highest BCUT2D eigenvalue weighted by atomic mass is 32.2. The topological polar surface area (TPSA) is 64.0 Å². The summed E-state index contributed by atoms with van der Waals surface area (Å²) >= 11 is 2.85. The zero-order valence-electron chi connectivity index (χ0n) is 16.4. The molecule has 156 valence electrons. The molecular formula is C22H22FN3O2S2. The molecule has 0 saturated carbocycles. The Hall–Kier alpha value is -2.45. The summed E-state index contributed by atoms with van der Waals surface area (Å²) < 4.78 is 14.6. The van der Waals surface area contributed by atoms with Crippen molar-refractivity contribution in [1.29, 1.82) is 0 Å². The molecule has 30 heavy (non-hydrogen) atoms. The summed E-state index contributed by atoms with van der Waals surface area (Å²) in [6, 6.07) is 6.01. The Bertz CT molecular complexity index is 1150. The predicted octanol–water partition coefficient (Wildman–Crippen LogP) is 4.07. The van der Waals surface area contributed by atoms with Crippen LogP contribution < -0.4 is 10.9 Å². The standard InChI is InChI=1S/C22H22FN3O2S2/c1-2-11-26-21(28)19-16-5-3-4-6-17(16)30-20(19)25-22(26)29-13-18(27)24-12-14-7-9-15(23)10-8-14/h2,7-10H,1,3-6,11-13H2,(H,24,27). The van der Waals surface area contributed by atoms with Crippen molar-refractivity contribution in [2.24, 2.45) is 0 Å². The average Bonchev–Trinajstić information content (AvgIpc) is 3.12. The van der Waals surface area contributed by atoms with E-state index in [1.165, 1.54) is 28.8 Å². The fourth-order valence-electron chi connectivity index (χ4n) is 3.60. The highest BCUT2D eigenvalue weighted by Crippen LogP contribution is 2.34. The molecule has 0 spiro atoms. The largest absolute Gasteiger partial charge is 0.351 e. The van der Waals surface area contributed by atoms with Crippen LogP contribution in [0.4, 0.5) is 4.39 Å². The highest BCUT2D eigenvalue weighted by molar-refractivity contribution is 7.99. The van der Waals surface area contributed by atoms with Gasteiger partial charge in [-0.3, -0.25) is 14.2 Å². The van der Waals surface area contributed by atoms with Crippen LogP contribution in [0.1, 0.15) is 28.8 Å². The molecule has 1 aliphatic rings. The van der Waals surface area contributed by atoms with E-state index in [1.54, 1.807) is 34.1 Å². The molecule has 0 atom stereocenters. The first-order chi connectivity index (χ1) is 14.6. The van der Waals surface area contributed by atoms with Gasteiger partial charge in [0.05, 0.1) is 11.1 Å². The third kappa shape index (κ3) is 4.34. The number of allylic oxidation sites excluding steroid dienone is 1. The van der Waals surface area contributed by atoms with E-state index in [1.807, 2.05) is 0 Å². The molecule has 5 nitrogen and oxygen atoms in total. The number of thiophene rings is 1. The number of thioether (sulfide) groups is 1. The molecular weight excluding hydrogens is 421 g/mol. The molecule has 1 aromatic carbocycles. The maximum atomic E-state index is 13.2. The molecule has 8 heteroatoms. The Morgan fingerprint density at radius 3 is 2.83 bits per heavy atom. The second-order valence-electron chi connectivity index (χ2n) is 7.18. The molecule has 3 aromatic rings. The Morgan fingerprint density at radius 2 is 2.07 bits per heavy atom. The van der Waals surface area contributed by atoms with Crippen molar-refractivity contribution >= 4 is 39.2 Å². The van der Waals surface area contributed by atoms with Gasteiger partial charge in [-0.15, -0.1) is 17.9 Å². The minimum Gasteiger partial charge on any atom is -0.351 e. The number of rotatable bonds is 7. The SMILES string of the molecule is C=CCn1c(SCC(=O)NCc2ccc(F)cc2)nc2sc3c(c2c1=O)CCCC3. The van der Waals surface area contributed by atoms with Crippen LogP contribution in [-0.2, 0) is 30.7 Å². The third-order valence-electron chi connectivity index (χ3n) is 5.09. The molecule has 0 aliphatic heterocycles. The molecule has 4 rings (SSSR count). The van der Waals surface area contributed by atoms with E-state index in [0.717, 1.165) is 47.0 Å². The van der Waals surface area contributed by atoms with Crippen LogP contribution in [-0.4, -0.2) is 21.2 Å². The van der Waals surface area contributed by atoms with E-state index < -0.39 is 0 Å². The number of halogens is 1. The van der Waals surface area contributed by atoms with Crippen molar-refractivity contribution in [1.82, 2.24) is 14.9 Å². The summed E-state index contributed by atoms with van der Waals surface area (Å²) in [4.78, 5) is 32.3. The summed E-state index contributed by atoms with van der Waals surface area (Å²) in [5.41, 5.74) is 1.93. The molecule has 0 fully saturated rings. The molecule has 1 aliphatic carbocycles. The van der Waals surface area contributed by atoms with Gasteiger partial charge in [-0.05, 0) is 48.9 Å². The maximum Gasteiger partial charge on any atom is 0.263 e. The summed E-state index contributed by atoms with van der Waals surface area (Å²) in [5, 5.41) is 4.08. The molecule has 1 amide bonds. The second kappa shape index (κ2) is 9.14. The smallest absolute Gasteiger partial charge is 0.263 e. The Kier molecular flexibility index (Phi) is 6.34. The zero-order chi connectivity index (χ0) is 21.1. The van der Waals surface area contributed by atoms with Crippen molar-refractivity contribution < 1.29 is 9.18 Å². The van der Waals surface area contributed by atoms with E-state index >= 15 is 0 Å². The zero-order valence-corrected chi connectivity index (χ0v) is 18.1. The Morgan fingerprint density at radius 1 is 1.30 bits per heavy atom. The van der Waals surface area contributed by atoms with Gasteiger partial charge in [0.15, 0.2) is 5.16 Å². The number of hydrogen-bond acceptors (Lipinski definition) is 5. The van der Waals surface area contributed by atoms with Crippen LogP contribution in [0.15, 0.2) is 46.9 Å². The minimum atomic E-state index is -0.308. The van der Waals surface area contributed by atoms with Gasteiger partial charge in [0.25, 0.3) is 5.56 Å². The van der Waals surface area contributed by atoms with Crippen molar-refractivity contribution in [2.75, 3.05) is 5.75 Å². The van der Waals surface area contributed by atoms with E-state index in [0.29, 0.717) is 18.2 Å². The summed E-state index contributed by atoms with van der Waals surface area (Å²) in [6.45, 7) is 4.43. The lowest BCUT2D eigenvalue weighted by Crippen LogP contribution is -2.26. The summed E-state index contributed by atoms with van der Waals surface area (Å²) in [6.07, 6.45) is 5.86. The van der Waals surface area contributed by atoms with Gasteiger partial charge in [0.1, 0.15) is 10.6 Å². The molecule has 1 N–H and O–H groups in total. The molecule has 0 unspecified atom stereocenters. The number of nitrogens with zero attached hydrogens (tertiary/aromatic N) is 2. The number of amides is 1. The van der Waals surface area contributed by atoms with Crippen LogP contribution in [0.2, 0.25) is 0 Å². The summed E-state index contributed by atoms with van der Waals surface area (Å²) in [7, 11) is 0. The number of carbonyl (C=O) groups is 1. The highest BCUT2D eigenvalue weighted by Gasteiger charge is 2.22. The number of hydrogen-bond donors (Lipinski definition) is 1. The fourth-order valence-corrected chi connectivity index (χ4v) is 5.75. The number of benzene rings is 1. The van der Waals surface area contributed by atoms with Gasteiger partial charge in [-0.1, -0.05) is 30.0 Å². The van der Waals surface area contributed by atoms with Crippen LogP contribution >= 0.6 is 23.1 Å². The Labute approximate surface area is 182 Å². The van der Waals surface area contributed by atoms with Crippen LogP contribution in [0.25, 0.3) is 10.2 Å². The lowest BCUT2D eigenvalue weighted by molar-refractivity contribution is -0.118. The van der Waals surface area contributed by atoms with Gasteiger partial charge in [-0.25, -0.2) is 9.37 Å².